The largest absolute Gasteiger partial charge is 0.322 e. The quantitative estimate of drug-likeness (QED) is 0.375. The molecule has 0 aliphatic carbocycles. The summed E-state index contributed by atoms with van der Waals surface area (Å²) >= 11 is 7.21. The van der Waals surface area contributed by atoms with Crippen LogP contribution in [0.25, 0.3) is 15.5 Å². The Labute approximate surface area is 173 Å². The summed E-state index contributed by atoms with van der Waals surface area (Å²) in [5.41, 5.74) is 1.26. The second kappa shape index (κ2) is 7.57. The van der Waals surface area contributed by atoms with E-state index in [0.717, 1.165) is 33.8 Å². The number of carbonyl (C=O) groups is 1. The van der Waals surface area contributed by atoms with Crippen molar-refractivity contribution in [3.8, 4) is 10.6 Å². The van der Waals surface area contributed by atoms with E-state index in [1.807, 2.05) is 19.1 Å². The summed E-state index contributed by atoms with van der Waals surface area (Å²) in [6, 6.07) is 11.0. The van der Waals surface area contributed by atoms with Gasteiger partial charge < -0.3 is 5.32 Å². The number of rotatable bonds is 5. The molecule has 2 aromatic heterocycles. The van der Waals surface area contributed by atoms with Gasteiger partial charge in [-0.1, -0.05) is 29.9 Å². The third-order valence-electron chi connectivity index (χ3n) is 4.17. The molecule has 0 bridgehead atoms. The molecule has 4 aromatic rings. The van der Waals surface area contributed by atoms with E-state index in [1.54, 1.807) is 16.6 Å². The average Bonchev–Trinajstić information content (AvgIpc) is 3.29. The van der Waals surface area contributed by atoms with E-state index < -0.39 is 10.8 Å². The summed E-state index contributed by atoms with van der Waals surface area (Å²) in [5.74, 6) is 0.326. The monoisotopic (exact) mass is 428 g/mol. The minimum atomic E-state index is -0.627. The summed E-state index contributed by atoms with van der Waals surface area (Å²) < 4.78 is 1.73. The number of aromatic nitrogens is 4. The van der Waals surface area contributed by atoms with Crippen molar-refractivity contribution in [2.24, 2.45) is 0 Å². The van der Waals surface area contributed by atoms with E-state index in [2.05, 4.69) is 20.6 Å². The Morgan fingerprint density at radius 1 is 1.24 bits per heavy atom. The third kappa shape index (κ3) is 3.67. The third-order valence-corrected chi connectivity index (χ3v) is 5.43. The van der Waals surface area contributed by atoms with Crippen molar-refractivity contribution < 1.29 is 9.72 Å². The predicted molar refractivity (Wildman–Crippen MR) is 110 cm³/mol. The van der Waals surface area contributed by atoms with Gasteiger partial charge in [0.05, 0.1) is 4.92 Å². The maximum Gasteiger partial charge on any atom is 0.288 e. The number of fused-ring (bicyclic) bond motifs is 1. The van der Waals surface area contributed by atoms with E-state index in [4.69, 9.17) is 11.6 Å². The smallest absolute Gasteiger partial charge is 0.288 e. The van der Waals surface area contributed by atoms with Crippen LogP contribution in [0.1, 0.15) is 23.1 Å². The second-order valence-electron chi connectivity index (χ2n) is 6.03. The Bertz CT molecular complexity index is 1230. The molecule has 9 nitrogen and oxygen atoms in total. The molecule has 0 unspecified atom stereocenters. The van der Waals surface area contributed by atoms with Crippen LogP contribution in [0.4, 0.5) is 11.4 Å². The molecule has 146 valence electrons. The van der Waals surface area contributed by atoms with Crippen molar-refractivity contribution in [2.75, 3.05) is 5.32 Å². The first-order valence-electron chi connectivity index (χ1n) is 8.53. The van der Waals surface area contributed by atoms with Gasteiger partial charge in [0.2, 0.25) is 4.96 Å². The molecule has 1 N–H and O–H groups in total. The number of carbonyl (C=O) groups excluding carboxylic acids is 1. The molecule has 1 amide bonds. The highest BCUT2D eigenvalue weighted by atomic mass is 35.5. The molecule has 0 spiro atoms. The van der Waals surface area contributed by atoms with Gasteiger partial charge in [-0.15, -0.1) is 10.2 Å². The molecule has 29 heavy (non-hydrogen) atoms. The first-order valence-corrected chi connectivity index (χ1v) is 9.72. The van der Waals surface area contributed by atoms with Gasteiger partial charge in [0, 0.05) is 29.3 Å². The Balaban J connectivity index is 1.53. The molecule has 4 rings (SSSR count). The summed E-state index contributed by atoms with van der Waals surface area (Å²) in [7, 11) is 0. The Morgan fingerprint density at radius 3 is 2.69 bits per heavy atom. The molecule has 0 atom stereocenters. The summed E-state index contributed by atoms with van der Waals surface area (Å²) in [6.07, 6.45) is 0.734. The van der Waals surface area contributed by atoms with Crippen LogP contribution in [-0.4, -0.2) is 30.6 Å². The Morgan fingerprint density at radius 2 is 2.00 bits per heavy atom. The SMILES string of the molecule is CCc1nnc2sc(-c3ccc(NC(=O)c4ccc(Cl)c([N+](=O)[O-])c4)cc3)nn12. The molecule has 11 heteroatoms. The van der Waals surface area contributed by atoms with Crippen molar-refractivity contribution in [3.63, 3.8) is 0 Å². The van der Waals surface area contributed by atoms with Gasteiger partial charge in [-0.05, 0) is 36.4 Å². The highest BCUT2D eigenvalue weighted by Crippen LogP contribution is 2.28. The number of aryl methyl sites for hydroxylation is 1. The van der Waals surface area contributed by atoms with Gasteiger partial charge in [-0.3, -0.25) is 14.9 Å². The van der Waals surface area contributed by atoms with E-state index in [9.17, 15) is 14.9 Å². The van der Waals surface area contributed by atoms with Crippen LogP contribution in [0, 0.1) is 10.1 Å². The summed E-state index contributed by atoms with van der Waals surface area (Å²) in [6.45, 7) is 1.99. The number of nitrogens with zero attached hydrogens (tertiary/aromatic N) is 5. The highest BCUT2D eigenvalue weighted by molar-refractivity contribution is 7.19. The maximum atomic E-state index is 12.4. The number of amides is 1. The summed E-state index contributed by atoms with van der Waals surface area (Å²) in [5, 5.41) is 27.2. The summed E-state index contributed by atoms with van der Waals surface area (Å²) in [4.78, 5) is 23.5. The molecule has 0 aliphatic rings. The minimum absolute atomic E-state index is 0.0212. The molecule has 2 aromatic carbocycles. The van der Waals surface area contributed by atoms with Crippen molar-refractivity contribution in [1.29, 1.82) is 0 Å². The van der Waals surface area contributed by atoms with E-state index in [-0.39, 0.29) is 16.3 Å². The van der Waals surface area contributed by atoms with Crippen LogP contribution in [-0.2, 0) is 6.42 Å². The number of anilines is 1. The number of nitro benzene ring substituents is 1. The lowest BCUT2D eigenvalue weighted by Gasteiger charge is -2.06. The highest BCUT2D eigenvalue weighted by Gasteiger charge is 2.17. The van der Waals surface area contributed by atoms with Crippen LogP contribution >= 0.6 is 22.9 Å². The Hall–Kier alpha value is -3.37. The molecule has 0 saturated carbocycles. The topological polar surface area (TPSA) is 115 Å². The first-order chi connectivity index (χ1) is 14.0. The van der Waals surface area contributed by atoms with E-state index in [0.29, 0.717) is 5.69 Å². The van der Waals surface area contributed by atoms with Gasteiger partial charge in [0.15, 0.2) is 5.82 Å². The van der Waals surface area contributed by atoms with Crippen LogP contribution in [0.3, 0.4) is 0 Å². The number of benzene rings is 2. The van der Waals surface area contributed by atoms with Crippen LogP contribution in [0.5, 0.6) is 0 Å². The molecule has 0 radical (unpaired) electrons. The van der Waals surface area contributed by atoms with Gasteiger partial charge in [0.1, 0.15) is 10.0 Å². The normalized spacial score (nSPS) is 11.0. The fourth-order valence-electron chi connectivity index (χ4n) is 2.69. The fourth-order valence-corrected chi connectivity index (χ4v) is 3.74. The maximum absolute atomic E-state index is 12.4. The number of hydrogen-bond donors (Lipinski definition) is 1. The zero-order chi connectivity index (χ0) is 20.5. The number of hydrogen-bond acceptors (Lipinski definition) is 7. The van der Waals surface area contributed by atoms with E-state index >= 15 is 0 Å². The molecular weight excluding hydrogens is 416 g/mol. The van der Waals surface area contributed by atoms with Crippen LogP contribution in [0.2, 0.25) is 5.02 Å². The first kappa shape index (κ1) is 19.0. The zero-order valence-corrected chi connectivity index (χ0v) is 16.6. The van der Waals surface area contributed by atoms with Gasteiger partial charge in [0.25, 0.3) is 11.6 Å². The molecule has 2 heterocycles. The lowest BCUT2D eigenvalue weighted by Crippen LogP contribution is -2.12. The van der Waals surface area contributed by atoms with Gasteiger partial charge >= 0.3 is 0 Å². The van der Waals surface area contributed by atoms with Crippen molar-refractivity contribution >= 4 is 45.2 Å². The number of nitrogens with one attached hydrogen (secondary N) is 1. The average molecular weight is 429 g/mol. The van der Waals surface area contributed by atoms with Gasteiger partial charge in [-0.25, -0.2) is 0 Å². The molecular formula is C18H13ClN6O3S. The fraction of sp³-hybridized carbons (Fsp3) is 0.111. The Kier molecular flexibility index (Phi) is 4.95. The standard InChI is InChI=1S/C18H13ClN6O3S/c1-2-15-21-22-18-24(15)23-17(29-18)10-3-6-12(7-4-10)20-16(26)11-5-8-13(19)14(9-11)25(27)28/h3-9H,2H2,1H3,(H,20,26). The lowest BCUT2D eigenvalue weighted by atomic mass is 10.1. The van der Waals surface area contributed by atoms with Crippen molar-refractivity contribution in [1.82, 2.24) is 19.8 Å². The van der Waals surface area contributed by atoms with Crippen LogP contribution in [0.15, 0.2) is 42.5 Å². The number of halogens is 1. The minimum Gasteiger partial charge on any atom is -0.322 e. The predicted octanol–water partition coefficient (Wildman–Crippen LogP) is 4.23. The van der Waals surface area contributed by atoms with Crippen LogP contribution < -0.4 is 5.32 Å². The zero-order valence-electron chi connectivity index (χ0n) is 15.0. The van der Waals surface area contributed by atoms with Gasteiger partial charge in [-0.2, -0.15) is 9.61 Å². The second-order valence-corrected chi connectivity index (χ2v) is 7.39. The van der Waals surface area contributed by atoms with Crippen molar-refractivity contribution in [2.45, 2.75) is 13.3 Å². The lowest BCUT2D eigenvalue weighted by molar-refractivity contribution is -0.384. The molecule has 0 fully saturated rings. The number of nitro groups is 1. The van der Waals surface area contributed by atoms with E-state index in [1.165, 1.54) is 23.5 Å². The molecule has 0 saturated heterocycles. The molecule has 0 aliphatic heterocycles. The van der Waals surface area contributed by atoms with Crippen molar-refractivity contribution in [3.05, 3.63) is 69.0 Å².